The predicted molar refractivity (Wildman–Crippen MR) is 72.3 cm³/mol. The maximum atomic E-state index is 14.2. The highest BCUT2D eigenvalue weighted by molar-refractivity contribution is 5.32. The van der Waals surface area contributed by atoms with Crippen LogP contribution in [-0.2, 0) is 6.42 Å². The first-order chi connectivity index (χ1) is 9.10. The number of nitriles is 1. The van der Waals surface area contributed by atoms with E-state index in [0.717, 1.165) is 25.7 Å². The Labute approximate surface area is 114 Å². The van der Waals surface area contributed by atoms with E-state index in [1.54, 1.807) is 18.2 Å². The minimum absolute atomic E-state index is 0.259. The molecule has 1 saturated carbocycles. The second kappa shape index (κ2) is 5.61. The largest absolute Gasteiger partial charge is 0.494 e. The van der Waals surface area contributed by atoms with Gasteiger partial charge in [0.2, 0.25) is 0 Å². The van der Waals surface area contributed by atoms with Gasteiger partial charge >= 0.3 is 0 Å². The summed E-state index contributed by atoms with van der Waals surface area (Å²) < 4.78 is 19.2. The number of methoxy groups -OCH3 is 1. The average molecular weight is 261 g/mol. The van der Waals surface area contributed by atoms with E-state index in [1.165, 1.54) is 7.11 Å². The van der Waals surface area contributed by atoms with Crippen LogP contribution in [-0.4, -0.2) is 7.11 Å². The maximum Gasteiger partial charge on any atom is 0.168 e. The van der Waals surface area contributed by atoms with Gasteiger partial charge in [0.25, 0.3) is 0 Å². The Balaban J connectivity index is 2.22. The molecule has 0 saturated heterocycles. The van der Waals surface area contributed by atoms with Gasteiger partial charge in [0.15, 0.2) is 11.6 Å². The van der Waals surface area contributed by atoms with Crippen LogP contribution in [0.2, 0.25) is 0 Å². The third-order valence-corrected chi connectivity index (χ3v) is 4.26. The molecule has 3 heteroatoms. The Bertz CT molecular complexity index is 484. The monoisotopic (exact) mass is 261 g/mol. The van der Waals surface area contributed by atoms with Gasteiger partial charge in [-0.1, -0.05) is 19.1 Å². The van der Waals surface area contributed by atoms with Crippen molar-refractivity contribution in [1.29, 1.82) is 5.26 Å². The van der Waals surface area contributed by atoms with Gasteiger partial charge in [0.05, 0.1) is 18.6 Å². The van der Waals surface area contributed by atoms with E-state index >= 15 is 0 Å². The fraction of sp³-hybridized carbons (Fsp3) is 0.562. The molecule has 0 unspecified atom stereocenters. The van der Waals surface area contributed by atoms with Gasteiger partial charge in [0.1, 0.15) is 0 Å². The molecule has 0 aromatic heterocycles. The standard InChI is InChI=1S/C16H20FNO/c1-12-6-8-16(11-18,9-7-12)10-13-4-3-5-14(19-2)15(13)17/h3-5,12H,6-10H2,1-2H3. The molecule has 0 N–H and O–H groups in total. The molecule has 19 heavy (non-hydrogen) atoms. The van der Waals surface area contributed by atoms with E-state index in [1.807, 2.05) is 0 Å². The lowest BCUT2D eigenvalue weighted by Crippen LogP contribution is -2.28. The van der Waals surface area contributed by atoms with Crippen LogP contribution in [0.1, 0.15) is 38.2 Å². The first-order valence-corrected chi connectivity index (χ1v) is 6.83. The normalized spacial score (nSPS) is 26.7. The molecule has 2 rings (SSSR count). The highest BCUT2D eigenvalue weighted by atomic mass is 19.1. The molecule has 0 radical (unpaired) electrons. The summed E-state index contributed by atoms with van der Waals surface area (Å²) in [5, 5.41) is 9.50. The van der Waals surface area contributed by atoms with Crippen LogP contribution >= 0.6 is 0 Å². The molecule has 1 aliphatic rings. The van der Waals surface area contributed by atoms with Crippen molar-refractivity contribution in [2.75, 3.05) is 7.11 Å². The van der Waals surface area contributed by atoms with Crippen LogP contribution in [0, 0.1) is 28.5 Å². The third kappa shape index (κ3) is 2.89. The molecule has 0 bridgehead atoms. The van der Waals surface area contributed by atoms with Crippen molar-refractivity contribution in [2.45, 2.75) is 39.0 Å². The molecule has 2 nitrogen and oxygen atoms in total. The summed E-state index contributed by atoms with van der Waals surface area (Å²) in [6.45, 7) is 2.22. The van der Waals surface area contributed by atoms with Crippen molar-refractivity contribution in [3.8, 4) is 11.8 Å². The topological polar surface area (TPSA) is 33.0 Å². The van der Waals surface area contributed by atoms with Crippen LogP contribution < -0.4 is 4.74 Å². The van der Waals surface area contributed by atoms with Gasteiger partial charge in [-0.05, 0) is 49.7 Å². The summed E-state index contributed by atoms with van der Waals surface area (Å²) in [6, 6.07) is 7.60. The zero-order valence-electron chi connectivity index (χ0n) is 11.6. The van der Waals surface area contributed by atoms with Crippen molar-refractivity contribution in [3.63, 3.8) is 0 Å². The average Bonchev–Trinajstić information content (AvgIpc) is 2.44. The van der Waals surface area contributed by atoms with Gasteiger partial charge in [0, 0.05) is 0 Å². The lowest BCUT2D eigenvalue weighted by molar-refractivity contribution is 0.216. The molecule has 1 aromatic rings. The molecule has 1 fully saturated rings. The van der Waals surface area contributed by atoms with E-state index in [4.69, 9.17) is 4.74 Å². The first kappa shape index (κ1) is 13.9. The van der Waals surface area contributed by atoms with Gasteiger partial charge in [-0.3, -0.25) is 0 Å². The third-order valence-electron chi connectivity index (χ3n) is 4.26. The van der Waals surface area contributed by atoms with Crippen molar-refractivity contribution in [2.24, 2.45) is 11.3 Å². The van der Waals surface area contributed by atoms with Crippen molar-refractivity contribution in [3.05, 3.63) is 29.6 Å². The Hall–Kier alpha value is -1.56. The van der Waals surface area contributed by atoms with Gasteiger partial charge < -0.3 is 4.74 Å². The molecule has 0 aliphatic heterocycles. The highest BCUT2D eigenvalue weighted by Crippen LogP contribution is 2.41. The van der Waals surface area contributed by atoms with Gasteiger partial charge in [-0.15, -0.1) is 0 Å². The molecular formula is C16H20FNO. The number of benzene rings is 1. The molecule has 102 valence electrons. The highest BCUT2D eigenvalue weighted by Gasteiger charge is 2.35. The zero-order valence-corrected chi connectivity index (χ0v) is 11.6. The second-order valence-electron chi connectivity index (χ2n) is 5.68. The molecule has 1 aromatic carbocycles. The van der Waals surface area contributed by atoms with Gasteiger partial charge in [-0.2, -0.15) is 5.26 Å². The lowest BCUT2D eigenvalue weighted by atomic mass is 9.69. The fourth-order valence-electron chi connectivity index (χ4n) is 2.86. The Morgan fingerprint density at radius 2 is 2.11 bits per heavy atom. The van der Waals surface area contributed by atoms with E-state index < -0.39 is 5.41 Å². The smallest absolute Gasteiger partial charge is 0.168 e. The van der Waals surface area contributed by atoms with Crippen LogP contribution in [0.15, 0.2) is 18.2 Å². The zero-order chi connectivity index (χ0) is 13.9. The van der Waals surface area contributed by atoms with Crippen molar-refractivity contribution >= 4 is 0 Å². The summed E-state index contributed by atoms with van der Waals surface area (Å²) >= 11 is 0. The Morgan fingerprint density at radius 1 is 1.42 bits per heavy atom. The molecule has 1 aliphatic carbocycles. The molecule has 0 heterocycles. The second-order valence-corrected chi connectivity index (χ2v) is 5.68. The number of ether oxygens (including phenoxy) is 1. The number of rotatable bonds is 3. The van der Waals surface area contributed by atoms with Crippen LogP contribution in [0.4, 0.5) is 4.39 Å². The van der Waals surface area contributed by atoms with Crippen LogP contribution in [0.25, 0.3) is 0 Å². The minimum Gasteiger partial charge on any atom is -0.494 e. The van der Waals surface area contributed by atoms with E-state index in [2.05, 4.69) is 13.0 Å². The fourth-order valence-corrected chi connectivity index (χ4v) is 2.86. The summed E-state index contributed by atoms with van der Waals surface area (Å²) in [4.78, 5) is 0. The lowest BCUT2D eigenvalue weighted by Gasteiger charge is -2.33. The van der Waals surface area contributed by atoms with Crippen molar-refractivity contribution in [1.82, 2.24) is 0 Å². The summed E-state index contributed by atoms with van der Waals surface area (Å²) in [7, 11) is 1.46. The summed E-state index contributed by atoms with van der Waals surface area (Å²) in [5.41, 5.74) is 0.190. The quantitative estimate of drug-likeness (QED) is 0.820. The number of hydrogen-bond donors (Lipinski definition) is 0. The maximum absolute atomic E-state index is 14.2. The number of hydrogen-bond acceptors (Lipinski definition) is 2. The molecule has 0 atom stereocenters. The Kier molecular flexibility index (Phi) is 4.09. The first-order valence-electron chi connectivity index (χ1n) is 6.83. The summed E-state index contributed by atoms with van der Waals surface area (Å²) in [5.74, 6) is 0.615. The van der Waals surface area contributed by atoms with E-state index in [9.17, 15) is 9.65 Å². The predicted octanol–water partition coefficient (Wildman–Crippen LogP) is 4.10. The minimum atomic E-state index is -0.403. The van der Waals surface area contributed by atoms with Gasteiger partial charge in [-0.25, -0.2) is 4.39 Å². The van der Waals surface area contributed by atoms with Crippen LogP contribution in [0.3, 0.4) is 0 Å². The van der Waals surface area contributed by atoms with Crippen molar-refractivity contribution < 1.29 is 9.13 Å². The Morgan fingerprint density at radius 3 is 2.68 bits per heavy atom. The van der Waals surface area contributed by atoms with E-state index in [0.29, 0.717) is 17.9 Å². The molecule has 0 amide bonds. The number of nitrogens with zero attached hydrogens (tertiary/aromatic N) is 1. The molecular weight excluding hydrogens is 241 g/mol. The molecule has 0 spiro atoms. The SMILES string of the molecule is COc1cccc(CC2(C#N)CCC(C)CC2)c1F. The van der Waals surface area contributed by atoms with E-state index in [-0.39, 0.29) is 11.6 Å². The van der Waals surface area contributed by atoms with Crippen LogP contribution in [0.5, 0.6) is 5.75 Å². The number of halogens is 1. The summed E-state index contributed by atoms with van der Waals surface area (Å²) in [6.07, 6.45) is 4.32.